The van der Waals surface area contributed by atoms with Crippen LogP contribution in [0.15, 0.2) is 36.4 Å². The Labute approximate surface area is 244 Å². The van der Waals surface area contributed by atoms with Gasteiger partial charge in [0.05, 0.1) is 5.56 Å². The second-order valence-electron chi connectivity index (χ2n) is 11.2. The minimum absolute atomic E-state index is 0. The highest BCUT2D eigenvalue weighted by molar-refractivity contribution is 5.99. The molecule has 0 saturated heterocycles. The fraction of sp³-hybridized carbons (Fsp3) is 0.606. The molecule has 2 aromatic carbocycles. The SMILES string of the molecule is CCCCCCCCCCCCCCCC1=[N+](Cc2ccc(C(F)(F)F)cc2)CCc2cc3c(cc21)OCO3.[Cl-]. The molecule has 7 heteroatoms. The summed E-state index contributed by atoms with van der Waals surface area (Å²) in [6.07, 6.45) is 14.7. The molecule has 4 rings (SSSR count). The van der Waals surface area contributed by atoms with Gasteiger partial charge in [-0.3, -0.25) is 0 Å². The highest BCUT2D eigenvalue weighted by Gasteiger charge is 2.31. The highest BCUT2D eigenvalue weighted by Crippen LogP contribution is 2.37. The van der Waals surface area contributed by atoms with Crippen molar-refractivity contribution in [1.29, 1.82) is 0 Å². The molecule has 2 aliphatic rings. The Morgan fingerprint density at radius 3 is 1.88 bits per heavy atom. The maximum Gasteiger partial charge on any atom is 0.416 e. The molecule has 0 unspecified atom stereocenters. The van der Waals surface area contributed by atoms with Crippen LogP contribution >= 0.6 is 0 Å². The number of nitrogens with zero attached hydrogens (tertiary/aromatic N) is 1. The highest BCUT2D eigenvalue weighted by atomic mass is 35.5. The Morgan fingerprint density at radius 1 is 0.750 bits per heavy atom. The van der Waals surface area contributed by atoms with Crippen LogP contribution in [0.4, 0.5) is 13.2 Å². The first kappa shape index (κ1) is 32.3. The van der Waals surface area contributed by atoms with Crippen molar-refractivity contribution in [1.82, 2.24) is 0 Å². The summed E-state index contributed by atoms with van der Waals surface area (Å²) in [5, 5.41) is 0. The summed E-state index contributed by atoms with van der Waals surface area (Å²) in [5.41, 5.74) is 4.05. The number of unbranched alkanes of at least 4 members (excludes halogenated alkanes) is 12. The molecule has 0 aliphatic carbocycles. The Kier molecular flexibility index (Phi) is 13.2. The molecule has 0 N–H and O–H groups in total. The summed E-state index contributed by atoms with van der Waals surface area (Å²) in [5.74, 6) is 1.60. The third kappa shape index (κ3) is 9.43. The molecule has 222 valence electrons. The molecule has 0 atom stereocenters. The molecular formula is C33H45ClF3NO2. The molecule has 2 aliphatic heterocycles. The van der Waals surface area contributed by atoms with Crippen molar-refractivity contribution in [3.05, 3.63) is 58.7 Å². The lowest BCUT2D eigenvalue weighted by Gasteiger charge is -2.20. The Hall–Kier alpha value is -2.21. The number of ether oxygens (including phenoxy) is 2. The van der Waals surface area contributed by atoms with Crippen LogP contribution in [0.5, 0.6) is 11.5 Å². The van der Waals surface area contributed by atoms with E-state index in [1.807, 2.05) is 0 Å². The minimum Gasteiger partial charge on any atom is -1.00 e. The summed E-state index contributed by atoms with van der Waals surface area (Å²) in [4.78, 5) is 0. The van der Waals surface area contributed by atoms with Gasteiger partial charge in [0.2, 0.25) is 6.79 Å². The molecule has 2 heterocycles. The molecule has 0 amide bonds. The van der Waals surface area contributed by atoms with Crippen molar-refractivity contribution in [2.75, 3.05) is 13.3 Å². The Balaban J connectivity index is 0.00000441. The van der Waals surface area contributed by atoms with Crippen LogP contribution in [0, 0.1) is 0 Å². The zero-order valence-electron chi connectivity index (χ0n) is 24.0. The van der Waals surface area contributed by atoms with Crippen LogP contribution in [-0.2, 0) is 19.1 Å². The summed E-state index contributed by atoms with van der Waals surface area (Å²) >= 11 is 0. The number of alkyl halides is 3. The standard InChI is InChI=1S/C33H45F3NO2.ClH/c1-2-3-4-5-6-7-8-9-10-11-12-13-14-15-30-29-23-32-31(38-25-39-32)22-27(29)20-21-37(30)24-26-16-18-28(19-17-26)33(34,35)36;/h16-19,22-23H,2-15,20-21,24-25H2,1H3;1H/q+1;/p-1. The lowest BCUT2D eigenvalue weighted by atomic mass is 9.92. The molecule has 3 nitrogen and oxygen atoms in total. The van der Waals surface area contributed by atoms with Crippen molar-refractivity contribution in [3.8, 4) is 11.5 Å². The van der Waals surface area contributed by atoms with Gasteiger partial charge in [0.15, 0.2) is 23.8 Å². The molecule has 0 fully saturated rings. The van der Waals surface area contributed by atoms with Gasteiger partial charge >= 0.3 is 6.18 Å². The van der Waals surface area contributed by atoms with Crippen LogP contribution in [0.25, 0.3) is 0 Å². The zero-order chi connectivity index (χ0) is 27.5. The van der Waals surface area contributed by atoms with Crippen LogP contribution in [0.3, 0.4) is 0 Å². The molecule has 0 radical (unpaired) electrons. The van der Waals surface area contributed by atoms with Gasteiger partial charge in [0.1, 0.15) is 6.54 Å². The van der Waals surface area contributed by atoms with E-state index in [1.54, 1.807) is 12.1 Å². The predicted molar refractivity (Wildman–Crippen MR) is 151 cm³/mol. The number of rotatable bonds is 16. The fourth-order valence-corrected chi connectivity index (χ4v) is 5.82. The van der Waals surface area contributed by atoms with E-state index in [0.29, 0.717) is 6.54 Å². The first-order chi connectivity index (χ1) is 19.0. The summed E-state index contributed by atoms with van der Waals surface area (Å²) < 4.78 is 52.7. The molecule has 0 aromatic heterocycles. The van der Waals surface area contributed by atoms with Gasteiger partial charge in [-0.1, -0.05) is 96.1 Å². The van der Waals surface area contributed by atoms with E-state index in [1.165, 1.54) is 106 Å². The first-order valence-corrected chi connectivity index (χ1v) is 15.2. The molecule has 40 heavy (non-hydrogen) atoms. The fourth-order valence-electron chi connectivity index (χ4n) is 5.82. The van der Waals surface area contributed by atoms with E-state index in [0.717, 1.165) is 42.9 Å². The number of benzene rings is 2. The van der Waals surface area contributed by atoms with Gasteiger partial charge in [-0.05, 0) is 36.2 Å². The predicted octanol–water partition coefficient (Wildman–Crippen LogP) is 6.48. The van der Waals surface area contributed by atoms with Crippen molar-refractivity contribution >= 4 is 5.71 Å². The van der Waals surface area contributed by atoms with E-state index in [-0.39, 0.29) is 19.2 Å². The first-order valence-electron chi connectivity index (χ1n) is 15.2. The second-order valence-corrected chi connectivity index (χ2v) is 11.2. The van der Waals surface area contributed by atoms with Crippen molar-refractivity contribution in [2.24, 2.45) is 0 Å². The normalized spacial score (nSPS) is 14.3. The molecule has 0 spiro atoms. The van der Waals surface area contributed by atoms with E-state index >= 15 is 0 Å². The van der Waals surface area contributed by atoms with Gasteiger partial charge in [-0.2, -0.15) is 13.2 Å². The van der Waals surface area contributed by atoms with Gasteiger partial charge in [-0.15, -0.1) is 0 Å². The largest absolute Gasteiger partial charge is 1.00 e. The Morgan fingerprint density at radius 2 is 1.30 bits per heavy atom. The molecule has 0 saturated carbocycles. The number of fused-ring (bicyclic) bond motifs is 2. The van der Waals surface area contributed by atoms with E-state index in [9.17, 15) is 13.2 Å². The van der Waals surface area contributed by atoms with Gasteiger partial charge in [-0.25, -0.2) is 4.58 Å². The lowest BCUT2D eigenvalue weighted by molar-refractivity contribution is -0.545. The number of hydrogen-bond donors (Lipinski definition) is 0. The van der Waals surface area contributed by atoms with Crippen molar-refractivity contribution < 1.29 is 39.6 Å². The minimum atomic E-state index is -4.31. The Bertz CT molecular complexity index is 1080. The van der Waals surface area contributed by atoms with Crippen LogP contribution in [0.2, 0.25) is 0 Å². The maximum absolute atomic E-state index is 13.0. The van der Waals surface area contributed by atoms with E-state index < -0.39 is 11.7 Å². The lowest BCUT2D eigenvalue weighted by Crippen LogP contribution is -3.00. The third-order valence-corrected chi connectivity index (χ3v) is 8.11. The topological polar surface area (TPSA) is 21.5 Å². The number of halogens is 4. The average Bonchev–Trinajstić information content (AvgIpc) is 3.38. The van der Waals surface area contributed by atoms with E-state index in [4.69, 9.17) is 9.47 Å². The molecule has 2 aromatic rings. The van der Waals surface area contributed by atoms with E-state index in [2.05, 4.69) is 23.6 Å². The smallest absolute Gasteiger partial charge is 0.416 e. The third-order valence-electron chi connectivity index (χ3n) is 8.11. The van der Waals surface area contributed by atoms with Crippen molar-refractivity contribution in [2.45, 2.75) is 116 Å². The summed E-state index contributed by atoms with van der Waals surface area (Å²) in [7, 11) is 0. The summed E-state index contributed by atoms with van der Waals surface area (Å²) in [6.45, 7) is 3.98. The second kappa shape index (κ2) is 16.3. The van der Waals surface area contributed by atoms with Crippen LogP contribution in [-0.4, -0.2) is 23.6 Å². The molecule has 0 bridgehead atoms. The quantitative estimate of drug-likeness (QED) is 0.168. The zero-order valence-corrected chi connectivity index (χ0v) is 24.7. The average molecular weight is 580 g/mol. The maximum atomic E-state index is 13.0. The van der Waals surface area contributed by atoms with Crippen LogP contribution < -0.4 is 21.9 Å². The number of hydrogen-bond acceptors (Lipinski definition) is 2. The van der Waals surface area contributed by atoms with Crippen LogP contribution in [0.1, 0.15) is 119 Å². The van der Waals surface area contributed by atoms with Gasteiger partial charge in [0, 0.05) is 24.0 Å². The monoisotopic (exact) mass is 579 g/mol. The summed E-state index contributed by atoms with van der Waals surface area (Å²) in [6, 6.07) is 9.82. The van der Waals surface area contributed by atoms with Crippen molar-refractivity contribution in [3.63, 3.8) is 0 Å². The van der Waals surface area contributed by atoms with Gasteiger partial charge < -0.3 is 21.9 Å². The molecular weight excluding hydrogens is 535 g/mol. The van der Waals surface area contributed by atoms with Gasteiger partial charge in [0.25, 0.3) is 0 Å².